The third kappa shape index (κ3) is 7.45. The minimum atomic E-state index is -4.88. The lowest BCUT2D eigenvalue weighted by atomic mass is 10.1. The molecule has 0 spiro atoms. The molecule has 44 heavy (non-hydrogen) atoms. The van der Waals surface area contributed by atoms with Gasteiger partial charge in [-0.1, -0.05) is 17.7 Å². The number of rotatable bonds is 9. The van der Waals surface area contributed by atoms with Crippen molar-refractivity contribution in [1.29, 1.82) is 0 Å². The third-order valence-corrected chi connectivity index (χ3v) is 7.21. The van der Waals surface area contributed by atoms with Crippen molar-refractivity contribution < 1.29 is 27.4 Å². The summed E-state index contributed by atoms with van der Waals surface area (Å²) < 4.78 is 51.8. The van der Waals surface area contributed by atoms with Crippen LogP contribution in [0.15, 0.2) is 55.1 Å². The normalized spacial score (nSPS) is 14.6. The summed E-state index contributed by atoms with van der Waals surface area (Å²) in [5, 5.41) is 14.7. The van der Waals surface area contributed by atoms with Gasteiger partial charge in [-0.05, 0) is 53.6 Å². The predicted molar refractivity (Wildman–Crippen MR) is 156 cm³/mol. The number of halogens is 4. The molecule has 3 heterocycles. The summed E-state index contributed by atoms with van der Waals surface area (Å²) in [5.74, 6) is -0.477. The van der Waals surface area contributed by atoms with Gasteiger partial charge in [0, 0.05) is 55.9 Å². The van der Waals surface area contributed by atoms with Crippen molar-refractivity contribution in [2.45, 2.75) is 32.2 Å². The highest BCUT2D eigenvalue weighted by molar-refractivity contribution is 6.32. The van der Waals surface area contributed by atoms with E-state index in [0.717, 1.165) is 21.7 Å². The second kappa shape index (κ2) is 13.3. The molecule has 0 bridgehead atoms. The molecule has 1 amide bonds. The molecule has 1 N–H and O–H groups in total. The second-order valence-electron chi connectivity index (χ2n) is 10.0. The van der Waals surface area contributed by atoms with Gasteiger partial charge in [-0.3, -0.25) is 4.79 Å². The molecule has 1 saturated heterocycles. The lowest BCUT2D eigenvalue weighted by Gasteiger charge is -2.25. The number of benzene rings is 2. The van der Waals surface area contributed by atoms with Crippen molar-refractivity contribution in [3.63, 3.8) is 0 Å². The first kappa shape index (κ1) is 30.8. The molecule has 2 aromatic heterocycles. The van der Waals surface area contributed by atoms with Crippen molar-refractivity contribution in [2.75, 3.05) is 43.5 Å². The van der Waals surface area contributed by atoms with Crippen LogP contribution in [0.3, 0.4) is 0 Å². The number of hydrogen-bond donors (Lipinski definition) is 1. The first-order valence-corrected chi connectivity index (χ1v) is 14.0. The van der Waals surface area contributed by atoms with E-state index in [1.165, 1.54) is 13.4 Å². The summed E-state index contributed by atoms with van der Waals surface area (Å²) in [5.41, 5.74) is 2.91. The number of nitrogens with one attached hydrogen (secondary N) is 1. The quantitative estimate of drug-likeness (QED) is 0.280. The fourth-order valence-corrected chi connectivity index (χ4v) is 4.92. The van der Waals surface area contributed by atoms with Gasteiger partial charge in [0.2, 0.25) is 5.95 Å². The van der Waals surface area contributed by atoms with Crippen LogP contribution in [-0.4, -0.2) is 86.6 Å². The van der Waals surface area contributed by atoms with Gasteiger partial charge >= 0.3 is 12.1 Å². The molecule has 2 aromatic carbocycles. The molecule has 5 rings (SSSR count). The summed E-state index contributed by atoms with van der Waals surface area (Å²) in [4.78, 5) is 23.3. The van der Waals surface area contributed by atoms with Gasteiger partial charge < -0.3 is 24.6 Å². The number of anilines is 3. The lowest BCUT2D eigenvalue weighted by Crippen LogP contribution is -2.43. The molecule has 1 atom stereocenters. The molecule has 0 aliphatic carbocycles. The summed E-state index contributed by atoms with van der Waals surface area (Å²) >= 11 is 6.37. The third-order valence-electron chi connectivity index (χ3n) is 6.90. The molecule has 232 valence electrons. The molecule has 1 fully saturated rings. The van der Waals surface area contributed by atoms with Crippen molar-refractivity contribution in [3.8, 4) is 22.6 Å². The summed E-state index contributed by atoms with van der Waals surface area (Å²) in [6, 6.07) is 10.8. The van der Waals surface area contributed by atoms with Crippen molar-refractivity contribution in [2.24, 2.45) is 0 Å². The average molecular weight is 632 g/mol. The number of alkyl halides is 3. The van der Waals surface area contributed by atoms with Gasteiger partial charge in [0.25, 0.3) is 0 Å². The summed E-state index contributed by atoms with van der Waals surface area (Å²) in [6.45, 7) is 3.11. The van der Waals surface area contributed by atoms with Crippen LogP contribution in [0.25, 0.3) is 11.1 Å². The Hall–Kier alpha value is -4.66. The SMILES string of the molecule is COc1cc(N2CCCN(C(=O)C(F)(F)F)CC2)ccc1Nc1ncc(-c2ccc(Cl)c(OC(C)Cn3cnnn3)c2)cn1. The zero-order chi connectivity index (χ0) is 31.3. The van der Waals surface area contributed by atoms with Crippen LogP contribution in [0, 0.1) is 0 Å². The molecule has 1 aliphatic heterocycles. The lowest BCUT2D eigenvalue weighted by molar-refractivity contribution is -0.185. The van der Waals surface area contributed by atoms with E-state index in [4.69, 9.17) is 21.1 Å². The van der Waals surface area contributed by atoms with Gasteiger partial charge in [0.05, 0.1) is 24.4 Å². The van der Waals surface area contributed by atoms with Gasteiger partial charge in [0.15, 0.2) is 0 Å². The number of nitrogens with zero attached hydrogens (tertiary/aromatic N) is 8. The highest BCUT2D eigenvalue weighted by atomic mass is 35.5. The molecule has 0 saturated carbocycles. The molecule has 0 radical (unpaired) electrons. The van der Waals surface area contributed by atoms with E-state index >= 15 is 0 Å². The number of aromatic nitrogens is 6. The number of amides is 1. The number of methoxy groups -OCH3 is 1. The molecule has 12 nitrogen and oxygen atoms in total. The van der Waals surface area contributed by atoms with E-state index in [9.17, 15) is 18.0 Å². The largest absolute Gasteiger partial charge is 0.494 e. The second-order valence-corrected chi connectivity index (χ2v) is 10.4. The zero-order valence-electron chi connectivity index (χ0n) is 23.8. The standard InChI is InChI=1S/C28H29ClF3N9O3/c1-18(16-41-17-35-37-38-41)44-24-12-19(4-6-22(24)29)20-14-33-27(34-15-20)36-23-7-5-21(13-25(23)43-2)39-8-3-9-40(11-10-39)26(42)28(30,31)32/h4-7,12-15,17-18H,3,8-11,16H2,1-2H3,(H,33,34,36). The van der Waals surface area contributed by atoms with Crippen LogP contribution in [0.1, 0.15) is 13.3 Å². The van der Waals surface area contributed by atoms with E-state index in [2.05, 4.69) is 30.8 Å². The predicted octanol–water partition coefficient (Wildman–Crippen LogP) is 4.60. The Kier molecular flexibility index (Phi) is 9.32. The molecule has 16 heteroatoms. The number of tetrazole rings is 1. The topological polar surface area (TPSA) is 123 Å². The number of hydrogen-bond acceptors (Lipinski definition) is 10. The maximum Gasteiger partial charge on any atom is 0.471 e. The maximum absolute atomic E-state index is 12.9. The van der Waals surface area contributed by atoms with Gasteiger partial charge in [-0.2, -0.15) is 13.2 Å². The van der Waals surface area contributed by atoms with Crippen molar-refractivity contribution in [3.05, 3.63) is 60.1 Å². The number of carbonyl (C=O) groups is 1. The Labute approximate surface area is 255 Å². The Bertz CT molecular complexity index is 1570. The van der Waals surface area contributed by atoms with E-state index in [1.54, 1.807) is 35.3 Å². The monoisotopic (exact) mass is 631 g/mol. The number of ether oxygens (including phenoxy) is 2. The van der Waals surface area contributed by atoms with E-state index in [0.29, 0.717) is 47.7 Å². The Morgan fingerprint density at radius 3 is 2.55 bits per heavy atom. The first-order chi connectivity index (χ1) is 21.1. The van der Waals surface area contributed by atoms with Crippen LogP contribution < -0.4 is 19.7 Å². The Morgan fingerprint density at radius 2 is 1.84 bits per heavy atom. The van der Waals surface area contributed by atoms with Crippen LogP contribution in [-0.2, 0) is 11.3 Å². The highest BCUT2D eigenvalue weighted by Gasteiger charge is 2.42. The van der Waals surface area contributed by atoms with Gasteiger partial charge in [-0.15, -0.1) is 5.10 Å². The zero-order valence-corrected chi connectivity index (χ0v) is 24.6. The Morgan fingerprint density at radius 1 is 1.05 bits per heavy atom. The van der Waals surface area contributed by atoms with Crippen LogP contribution >= 0.6 is 11.6 Å². The summed E-state index contributed by atoms with van der Waals surface area (Å²) in [7, 11) is 1.52. The van der Waals surface area contributed by atoms with Crippen LogP contribution in [0.4, 0.5) is 30.5 Å². The van der Waals surface area contributed by atoms with E-state index < -0.39 is 12.1 Å². The Balaban J connectivity index is 1.24. The minimum absolute atomic E-state index is 0.0260. The maximum atomic E-state index is 12.9. The molecule has 1 unspecified atom stereocenters. The van der Waals surface area contributed by atoms with Gasteiger partial charge in [-0.25, -0.2) is 14.6 Å². The highest BCUT2D eigenvalue weighted by Crippen LogP contribution is 2.34. The summed E-state index contributed by atoms with van der Waals surface area (Å²) in [6.07, 6.45) is 0.118. The van der Waals surface area contributed by atoms with Crippen LogP contribution in [0.5, 0.6) is 11.5 Å². The smallest absolute Gasteiger partial charge is 0.471 e. The molecular formula is C28H29ClF3N9O3. The fourth-order valence-electron chi connectivity index (χ4n) is 4.75. The fraction of sp³-hybridized carbons (Fsp3) is 0.357. The van der Waals surface area contributed by atoms with Crippen LogP contribution in [0.2, 0.25) is 5.02 Å². The van der Waals surface area contributed by atoms with E-state index in [-0.39, 0.29) is 25.7 Å². The molecule has 4 aromatic rings. The van der Waals surface area contributed by atoms with Gasteiger partial charge in [0.1, 0.15) is 23.9 Å². The van der Waals surface area contributed by atoms with E-state index in [1.807, 2.05) is 30.0 Å². The van der Waals surface area contributed by atoms with Crippen molar-refractivity contribution >= 4 is 34.8 Å². The first-order valence-electron chi connectivity index (χ1n) is 13.7. The van der Waals surface area contributed by atoms with Crippen molar-refractivity contribution in [1.82, 2.24) is 35.1 Å². The average Bonchev–Trinajstić information content (AvgIpc) is 3.39. The minimum Gasteiger partial charge on any atom is -0.494 e. The molecular weight excluding hydrogens is 603 g/mol. The number of carbonyl (C=O) groups excluding carboxylic acids is 1. The molecule has 1 aliphatic rings.